The van der Waals surface area contributed by atoms with Crippen LogP contribution in [0.2, 0.25) is 0 Å². The van der Waals surface area contributed by atoms with Crippen LogP contribution in [-0.4, -0.2) is 63.0 Å². The Morgan fingerprint density at radius 2 is 1.25 bits per heavy atom. The van der Waals surface area contributed by atoms with Gasteiger partial charge in [0.15, 0.2) is 0 Å². The van der Waals surface area contributed by atoms with Crippen LogP contribution < -0.4 is 0 Å². The highest BCUT2D eigenvalue weighted by Gasteiger charge is 2.35. The molecule has 1 aliphatic carbocycles. The lowest BCUT2D eigenvalue weighted by Gasteiger charge is -2.25. The van der Waals surface area contributed by atoms with E-state index in [9.17, 15) is 9.46 Å². The van der Waals surface area contributed by atoms with Gasteiger partial charge in [0.25, 0.3) is 0 Å². The third-order valence-corrected chi connectivity index (χ3v) is 8.39. The van der Waals surface area contributed by atoms with Crippen LogP contribution in [0.15, 0.2) is 0 Å². The smallest absolute Gasteiger partial charge is 0.381 e. The number of hydrogen-bond acceptors (Lipinski definition) is 4. The van der Waals surface area contributed by atoms with Crippen molar-refractivity contribution in [2.45, 2.75) is 135 Å². The van der Waals surface area contributed by atoms with Gasteiger partial charge in [-0.25, -0.2) is 4.57 Å². The second-order valence-corrected chi connectivity index (χ2v) is 13.4. The molecule has 1 N–H and O–H groups in total. The van der Waals surface area contributed by atoms with Crippen LogP contribution >= 0.6 is 7.82 Å². The molecule has 1 rings (SSSR count). The topological polar surface area (TPSA) is 65.0 Å². The molecule has 1 aliphatic rings. The fraction of sp³-hybridized carbons (Fsp3) is 1.00. The van der Waals surface area contributed by atoms with E-state index in [2.05, 4.69) is 6.92 Å². The van der Waals surface area contributed by atoms with Crippen molar-refractivity contribution in [1.82, 2.24) is 0 Å². The summed E-state index contributed by atoms with van der Waals surface area (Å²) < 4.78 is 29.6. The maximum absolute atomic E-state index is 12.3. The van der Waals surface area contributed by atoms with Crippen LogP contribution in [0.25, 0.3) is 0 Å². The average molecular weight is 535 g/mol. The highest BCUT2D eigenvalue weighted by molar-refractivity contribution is 7.47. The highest BCUT2D eigenvalue weighted by atomic mass is 31.2. The lowest BCUT2D eigenvalue weighted by molar-refractivity contribution is -0.870. The van der Waals surface area contributed by atoms with E-state index in [1.807, 2.05) is 21.1 Å². The van der Waals surface area contributed by atoms with Gasteiger partial charge in [0.1, 0.15) is 13.2 Å². The molecule has 0 heterocycles. The first-order chi connectivity index (χ1) is 17.2. The number of hydrogen-bond donors (Lipinski definition) is 1. The van der Waals surface area contributed by atoms with Crippen molar-refractivity contribution in [1.29, 1.82) is 0 Å². The van der Waals surface area contributed by atoms with Gasteiger partial charge in [-0.1, -0.05) is 110 Å². The largest absolute Gasteiger partial charge is 0.472 e. The Bertz CT molecular complexity index is 554. The van der Waals surface area contributed by atoms with E-state index in [1.54, 1.807) is 0 Å². The number of phosphoric acid groups is 1. The quantitative estimate of drug-likeness (QED) is 0.0725. The van der Waals surface area contributed by atoms with E-state index in [1.165, 1.54) is 96.3 Å². The summed E-state index contributed by atoms with van der Waals surface area (Å²) in [4.78, 5) is 10.1. The minimum atomic E-state index is -4.01. The van der Waals surface area contributed by atoms with Crippen LogP contribution in [0.1, 0.15) is 129 Å². The van der Waals surface area contributed by atoms with Crippen LogP contribution in [0, 0.1) is 5.92 Å². The average Bonchev–Trinajstić information content (AvgIpc) is 3.23. The molecule has 0 aromatic heterocycles. The summed E-state index contributed by atoms with van der Waals surface area (Å²) in [5, 5.41) is 0. The van der Waals surface area contributed by atoms with E-state index in [4.69, 9.17) is 13.8 Å². The first-order valence-corrected chi connectivity index (χ1v) is 16.8. The SMILES string of the molecule is CCCCCCCCCCCCCCCCCCOC[C@@H]1CCC[C@H]1OP(=O)(O)OCC[N+](C)(C)C. The number of phosphoric ester groups is 1. The van der Waals surface area contributed by atoms with Crippen LogP contribution in [0.3, 0.4) is 0 Å². The molecule has 0 aromatic rings. The normalized spacial score (nSPS) is 20.1. The van der Waals surface area contributed by atoms with Crippen molar-refractivity contribution in [3.05, 3.63) is 0 Å². The van der Waals surface area contributed by atoms with Crippen molar-refractivity contribution in [2.24, 2.45) is 5.92 Å². The maximum atomic E-state index is 12.3. The van der Waals surface area contributed by atoms with Gasteiger partial charge in [0.2, 0.25) is 0 Å². The Labute approximate surface area is 224 Å². The number of nitrogens with zero attached hydrogens (tertiary/aromatic N) is 1. The summed E-state index contributed by atoms with van der Waals surface area (Å²) in [7, 11) is 2.06. The second-order valence-electron chi connectivity index (χ2n) is 12.0. The molecule has 1 fully saturated rings. The molecule has 0 radical (unpaired) electrons. The molecular weight excluding hydrogens is 473 g/mol. The molecular formula is C29H61NO5P+. The van der Waals surface area contributed by atoms with Crippen molar-refractivity contribution in [3.63, 3.8) is 0 Å². The molecule has 36 heavy (non-hydrogen) atoms. The summed E-state index contributed by atoms with van der Waals surface area (Å²) in [5.41, 5.74) is 0. The van der Waals surface area contributed by atoms with Gasteiger partial charge in [-0.3, -0.25) is 9.05 Å². The standard InChI is InChI=1S/C29H60NO5P/c1-5-6-7-8-9-10-11-12-13-14-15-16-17-18-19-20-25-33-27-28-22-21-23-29(28)35-36(31,32)34-26-24-30(2,3)4/h28-29H,5-27H2,1-4H3/p+1/t28-,29+/m0/s1. The number of quaternary nitrogens is 1. The van der Waals surface area contributed by atoms with Gasteiger partial charge in [0, 0.05) is 12.5 Å². The Morgan fingerprint density at radius 3 is 1.75 bits per heavy atom. The predicted molar refractivity (Wildman–Crippen MR) is 151 cm³/mol. The molecule has 0 bridgehead atoms. The summed E-state index contributed by atoms with van der Waals surface area (Å²) in [6.07, 6.45) is 24.5. The Balaban J connectivity index is 1.92. The van der Waals surface area contributed by atoms with E-state index >= 15 is 0 Å². The minimum absolute atomic E-state index is 0.188. The summed E-state index contributed by atoms with van der Waals surface area (Å²) >= 11 is 0. The zero-order chi connectivity index (χ0) is 26.5. The zero-order valence-electron chi connectivity index (χ0n) is 24.4. The van der Waals surface area contributed by atoms with Gasteiger partial charge in [-0.15, -0.1) is 0 Å². The fourth-order valence-corrected chi connectivity index (χ4v) is 5.94. The summed E-state index contributed by atoms with van der Waals surface area (Å²) in [6, 6.07) is 0. The van der Waals surface area contributed by atoms with Gasteiger partial charge in [0.05, 0.1) is 33.9 Å². The number of unbranched alkanes of at least 4 members (excludes halogenated alkanes) is 15. The van der Waals surface area contributed by atoms with E-state index in [-0.39, 0.29) is 18.6 Å². The zero-order valence-corrected chi connectivity index (χ0v) is 25.3. The summed E-state index contributed by atoms with van der Waals surface area (Å²) in [5.74, 6) is 0.188. The van der Waals surface area contributed by atoms with E-state index in [0.29, 0.717) is 17.6 Å². The number of rotatable bonds is 25. The molecule has 0 aliphatic heterocycles. The van der Waals surface area contributed by atoms with Crippen molar-refractivity contribution >= 4 is 7.82 Å². The van der Waals surface area contributed by atoms with Gasteiger partial charge in [-0.2, -0.15) is 0 Å². The molecule has 6 nitrogen and oxygen atoms in total. The molecule has 1 saturated carbocycles. The maximum Gasteiger partial charge on any atom is 0.472 e. The van der Waals surface area contributed by atoms with Gasteiger partial charge in [-0.05, 0) is 19.3 Å². The van der Waals surface area contributed by atoms with Crippen LogP contribution in [0.5, 0.6) is 0 Å². The molecule has 0 saturated heterocycles. The lowest BCUT2D eigenvalue weighted by atomic mass is 10.0. The van der Waals surface area contributed by atoms with Crippen molar-refractivity contribution in [2.75, 3.05) is 47.5 Å². The second kappa shape index (κ2) is 20.9. The van der Waals surface area contributed by atoms with E-state index < -0.39 is 7.82 Å². The molecule has 216 valence electrons. The third-order valence-electron chi connectivity index (χ3n) is 7.35. The third kappa shape index (κ3) is 20.1. The number of likely N-dealkylation sites (N-methyl/N-ethyl adjacent to an activating group) is 1. The summed E-state index contributed by atoms with van der Waals surface area (Å²) in [6.45, 7) is 4.54. The molecule has 0 spiro atoms. The molecule has 7 heteroatoms. The minimum Gasteiger partial charge on any atom is -0.381 e. The first kappa shape index (κ1) is 34.1. The van der Waals surface area contributed by atoms with Gasteiger partial charge >= 0.3 is 7.82 Å². The lowest BCUT2D eigenvalue weighted by Crippen LogP contribution is -2.37. The monoisotopic (exact) mass is 534 g/mol. The molecule has 1 unspecified atom stereocenters. The van der Waals surface area contributed by atoms with Crippen molar-refractivity contribution < 1.29 is 27.7 Å². The van der Waals surface area contributed by atoms with Crippen LogP contribution in [0.4, 0.5) is 0 Å². The van der Waals surface area contributed by atoms with Crippen molar-refractivity contribution in [3.8, 4) is 0 Å². The Hall–Kier alpha value is 0.0300. The predicted octanol–water partition coefficient (Wildman–Crippen LogP) is 8.27. The van der Waals surface area contributed by atoms with Crippen LogP contribution in [-0.2, 0) is 18.3 Å². The first-order valence-electron chi connectivity index (χ1n) is 15.3. The van der Waals surface area contributed by atoms with E-state index in [0.717, 1.165) is 32.3 Å². The highest BCUT2D eigenvalue weighted by Crippen LogP contribution is 2.48. The fourth-order valence-electron chi connectivity index (χ4n) is 4.95. The molecule has 0 amide bonds. The van der Waals surface area contributed by atoms with Gasteiger partial charge < -0.3 is 14.1 Å². The molecule has 0 aromatic carbocycles. The molecule has 3 atom stereocenters. The Kier molecular flexibility index (Phi) is 19.8. The number of ether oxygens (including phenoxy) is 1. The Morgan fingerprint density at radius 1 is 0.750 bits per heavy atom.